The lowest BCUT2D eigenvalue weighted by Crippen LogP contribution is -2.31. The van der Waals surface area contributed by atoms with E-state index in [1.807, 2.05) is 53.9 Å². The number of aromatic nitrogens is 1. The van der Waals surface area contributed by atoms with Gasteiger partial charge in [0, 0.05) is 29.2 Å². The summed E-state index contributed by atoms with van der Waals surface area (Å²) >= 11 is 1.59. The number of thiazole rings is 1. The molecule has 5 heteroatoms. The Hall–Kier alpha value is -2.66. The summed E-state index contributed by atoms with van der Waals surface area (Å²) in [5.74, 6) is 0.676. The van der Waals surface area contributed by atoms with Crippen LogP contribution in [0.4, 0.5) is 5.69 Å². The molecule has 1 aliphatic heterocycles. The third-order valence-corrected chi connectivity index (χ3v) is 4.59. The summed E-state index contributed by atoms with van der Waals surface area (Å²) in [6.45, 7) is 0. The first-order valence-corrected chi connectivity index (χ1v) is 8.23. The molecule has 0 aliphatic carbocycles. The number of hydrogen-bond acceptors (Lipinski definition) is 4. The Bertz CT molecular complexity index is 803. The number of benzene rings is 2. The number of carbonyl (C=O) groups is 1. The van der Waals surface area contributed by atoms with E-state index in [1.54, 1.807) is 17.5 Å². The fraction of sp³-hybridized carbons (Fsp3) is 0.111. The van der Waals surface area contributed by atoms with Crippen molar-refractivity contribution >= 4 is 22.9 Å². The zero-order valence-corrected chi connectivity index (χ0v) is 13.0. The molecule has 3 aromatic rings. The van der Waals surface area contributed by atoms with E-state index in [2.05, 4.69) is 10.3 Å². The highest BCUT2D eigenvalue weighted by atomic mass is 32.1. The molecule has 4 rings (SSSR count). The molecule has 114 valence electrons. The molecule has 0 spiro atoms. The van der Waals surface area contributed by atoms with Gasteiger partial charge < -0.3 is 10.1 Å². The summed E-state index contributed by atoms with van der Waals surface area (Å²) in [6, 6.07) is 15.4. The molecule has 0 saturated heterocycles. The largest absolute Gasteiger partial charge is 0.480 e. The molecular weight excluding hydrogens is 308 g/mol. The molecule has 0 saturated carbocycles. The van der Waals surface area contributed by atoms with Crippen LogP contribution in [0.25, 0.3) is 10.6 Å². The minimum atomic E-state index is -0.467. The molecule has 2 heterocycles. The molecule has 1 aliphatic rings. The molecule has 1 aromatic heterocycles. The van der Waals surface area contributed by atoms with Gasteiger partial charge in [-0.05, 0) is 35.9 Å². The summed E-state index contributed by atoms with van der Waals surface area (Å²) < 4.78 is 5.70. The van der Waals surface area contributed by atoms with Gasteiger partial charge in [-0.2, -0.15) is 0 Å². The first-order chi connectivity index (χ1) is 11.3. The fourth-order valence-corrected chi connectivity index (χ4v) is 3.26. The summed E-state index contributed by atoms with van der Waals surface area (Å²) in [7, 11) is 0. The van der Waals surface area contributed by atoms with E-state index in [1.165, 1.54) is 0 Å². The number of para-hydroxylation sites is 1. The summed E-state index contributed by atoms with van der Waals surface area (Å²) in [5, 5.41) is 5.82. The average molecular weight is 322 g/mol. The summed E-state index contributed by atoms with van der Waals surface area (Å²) in [4.78, 5) is 16.6. The van der Waals surface area contributed by atoms with Gasteiger partial charge in [0.2, 0.25) is 0 Å². The molecule has 1 atom stereocenters. The minimum absolute atomic E-state index is 0.122. The van der Waals surface area contributed by atoms with Crippen molar-refractivity contribution in [3.63, 3.8) is 0 Å². The number of nitrogens with one attached hydrogen (secondary N) is 1. The SMILES string of the molecule is O=C(Nc1ccc(-c2nccs2)cc1)C1Cc2ccccc2O1. The van der Waals surface area contributed by atoms with Gasteiger partial charge in [-0.1, -0.05) is 18.2 Å². The highest BCUT2D eigenvalue weighted by Gasteiger charge is 2.28. The van der Waals surface area contributed by atoms with E-state index in [-0.39, 0.29) is 5.91 Å². The highest BCUT2D eigenvalue weighted by Crippen LogP contribution is 2.29. The third kappa shape index (κ3) is 2.83. The van der Waals surface area contributed by atoms with E-state index in [9.17, 15) is 4.79 Å². The van der Waals surface area contributed by atoms with Crippen molar-refractivity contribution in [2.45, 2.75) is 12.5 Å². The van der Waals surface area contributed by atoms with Crippen LogP contribution in [0.1, 0.15) is 5.56 Å². The van der Waals surface area contributed by atoms with Crippen LogP contribution >= 0.6 is 11.3 Å². The van der Waals surface area contributed by atoms with Crippen LogP contribution in [-0.4, -0.2) is 17.0 Å². The van der Waals surface area contributed by atoms with Crippen LogP contribution in [0.3, 0.4) is 0 Å². The number of ether oxygens (including phenoxy) is 1. The molecule has 23 heavy (non-hydrogen) atoms. The Morgan fingerprint density at radius 2 is 2.00 bits per heavy atom. The second kappa shape index (κ2) is 5.85. The lowest BCUT2D eigenvalue weighted by Gasteiger charge is -2.11. The van der Waals surface area contributed by atoms with Crippen molar-refractivity contribution in [2.24, 2.45) is 0 Å². The topological polar surface area (TPSA) is 51.2 Å². The molecule has 2 aromatic carbocycles. The Morgan fingerprint density at radius 3 is 2.74 bits per heavy atom. The predicted molar refractivity (Wildman–Crippen MR) is 90.7 cm³/mol. The standard InChI is InChI=1S/C18H14N2O2S/c21-17(16-11-13-3-1-2-4-15(13)22-16)20-14-7-5-12(6-8-14)18-19-9-10-23-18/h1-10,16H,11H2,(H,20,21). The van der Waals surface area contributed by atoms with E-state index >= 15 is 0 Å². The molecular formula is C18H14N2O2S. The van der Waals surface area contributed by atoms with Gasteiger partial charge in [-0.3, -0.25) is 4.79 Å². The number of carbonyl (C=O) groups excluding carboxylic acids is 1. The zero-order valence-electron chi connectivity index (χ0n) is 12.2. The van der Waals surface area contributed by atoms with Crippen molar-refractivity contribution in [3.8, 4) is 16.3 Å². The first-order valence-electron chi connectivity index (χ1n) is 7.35. The van der Waals surface area contributed by atoms with Crippen molar-refractivity contribution in [1.29, 1.82) is 0 Å². The van der Waals surface area contributed by atoms with Gasteiger partial charge in [0.05, 0.1) is 0 Å². The smallest absolute Gasteiger partial charge is 0.265 e. The maximum Gasteiger partial charge on any atom is 0.265 e. The molecule has 1 N–H and O–H groups in total. The Labute approximate surface area is 137 Å². The van der Waals surface area contributed by atoms with Gasteiger partial charge in [0.25, 0.3) is 5.91 Å². The number of amides is 1. The number of nitrogens with zero attached hydrogens (tertiary/aromatic N) is 1. The maximum atomic E-state index is 12.4. The van der Waals surface area contributed by atoms with Gasteiger partial charge in [0.15, 0.2) is 6.10 Å². The van der Waals surface area contributed by atoms with Crippen LogP contribution in [-0.2, 0) is 11.2 Å². The number of hydrogen-bond donors (Lipinski definition) is 1. The first kappa shape index (κ1) is 14.0. The fourth-order valence-electron chi connectivity index (χ4n) is 2.61. The summed E-state index contributed by atoms with van der Waals surface area (Å²) in [5.41, 5.74) is 2.88. The van der Waals surface area contributed by atoms with Crippen molar-refractivity contribution in [3.05, 3.63) is 65.7 Å². The van der Waals surface area contributed by atoms with E-state index in [0.717, 1.165) is 27.6 Å². The second-order valence-corrected chi connectivity index (χ2v) is 6.22. The van der Waals surface area contributed by atoms with Gasteiger partial charge in [0.1, 0.15) is 10.8 Å². The van der Waals surface area contributed by atoms with Crippen molar-refractivity contribution < 1.29 is 9.53 Å². The van der Waals surface area contributed by atoms with Crippen molar-refractivity contribution in [1.82, 2.24) is 4.98 Å². The maximum absolute atomic E-state index is 12.4. The van der Waals surface area contributed by atoms with Crippen molar-refractivity contribution in [2.75, 3.05) is 5.32 Å². The molecule has 1 amide bonds. The zero-order chi connectivity index (χ0) is 15.6. The van der Waals surface area contributed by atoms with Crippen LogP contribution in [0.15, 0.2) is 60.1 Å². The van der Waals surface area contributed by atoms with Crippen LogP contribution in [0.2, 0.25) is 0 Å². The minimum Gasteiger partial charge on any atom is -0.480 e. The average Bonchev–Trinajstić information content (AvgIpc) is 3.25. The molecule has 0 bridgehead atoms. The Morgan fingerprint density at radius 1 is 1.17 bits per heavy atom. The highest BCUT2D eigenvalue weighted by molar-refractivity contribution is 7.13. The lowest BCUT2D eigenvalue weighted by molar-refractivity contribution is -0.122. The molecule has 0 radical (unpaired) electrons. The molecule has 0 fully saturated rings. The molecule has 4 nitrogen and oxygen atoms in total. The van der Waals surface area contributed by atoms with E-state index in [4.69, 9.17) is 4.74 Å². The van der Waals surface area contributed by atoms with E-state index < -0.39 is 6.10 Å². The van der Waals surface area contributed by atoms with Crippen LogP contribution < -0.4 is 10.1 Å². The van der Waals surface area contributed by atoms with Gasteiger partial charge >= 0.3 is 0 Å². The Kier molecular flexibility index (Phi) is 3.55. The van der Waals surface area contributed by atoms with Gasteiger partial charge in [-0.25, -0.2) is 4.98 Å². The quantitative estimate of drug-likeness (QED) is 0.799. The number of anilines is 1. The molecule has 1 unspecified atom stereocenters. The van der Waals surface area contributed by atoms with E-state index in [0.29, 0.717) is 6.42 Å². The normalized spacial score (nSPS) is 15.7. The predicted octanol–water partition coefficient (Wildman–Crippen LogP) is 3.75. The summed E-state index contributed by atoms with van der Waals surface area (Å²) in [6.07, 6.45) is 1.93. The third-order valence-electron chi connectivity index (χ3n) is 3.77. The van der Waals surface area contributed by atoms with Crippen LogP contribution in [0.5, 0.6) is 5.75 Å². The monoisotopic (exact) mass is 322 g/mol. The van der Waals surface area contributed by atoms with Crippen LogP contribution in [0, 0.1) is 0 Å². The second-order valence-electron chi connectivity index (χ2n) is 5.32. The number of fused-ring (bicyclic) bond motifs is 1. The lowest BCUT2D eigenvalue weighted by atomic mass is 10.1. The Balaban J connectivity index is 1.44. The number of rotatable bonds is 3. The van der Waals surface area contributed by atoms with Gasteiger partial charge in [-0.15, -0.1) is 11.3 Å².